The van der Waals surface area contributed by atoms with Crippen molar-refractivity contribution in [2.75, 3.05) is 39.5 Å². The van der Waals surface area contributed by atoms with Crippen LogP contribution in [0.5, 0.6) is 0 Å². The summed E-state index contributed by atoms with van der Waals surface area (Å²) in [7, 11) is 0. The van der Waals surface area contributed by atoms with E-state index in [0.717, 1.165) is 19.6 Å². The molecule has 2 fully saturated rings. The van der Waals surface area contributed by atoms with Crippen LogP contribution in [0.25, 0.3) is 0 Å². The van der Waals surface area contributed by atoms with Gasteiger partial charge in [0.1, 0.15) is 5.78 Å². The number of aliphatic hydroxyl groups excluding tert-OH is 1. The number of Topliss-reactive ketones (excluding diaryl/α,β-unsaturated/α-hetero) is 1. The van der Waals surface area contributed by atoms with Crippen molar-refractivity contribution >= 4 is 5.78 Å². The highest BCUT2D eigenvalue weighted by atomic mass is 16.5. The molecule has 0 amide bonds. The van der Waals surface area contributed by atoms with Crippen LogP contribution in [0.3, 0.4) is 0 Å². The maximum atomic E-state index is 11.4. The lowest BCUT2D eigenvalue weighted by molar-refractivity contribution is -0.152. The Morgan fingerprint density at radius 3 is 2.80 bits per heavy atom. The van der Waals surface area contributed by atoms with Crippen molar-refractivity contribution in [2.24, 2.45) is 11.3 Å². The molecule has 0 aromatic carbocycles. The van der Waals surface area contributed by atoms with Crippen molar-refractivity contribution in [1.82, 2.24) is 4.90 Å². The van der Waals surface area contributed by atoms with Crippen molar-refractivity contribution in [3.8, 4) is 0 Å². The van der Waals surface area contributed by atoms with Crippen LogP contribution in [0.4, 0.5) is 0 Å². The fraction of sp³-hybridized carbons (Fsp3) is 0.909. The number of rotatable bonds is 3. The molecule has 1 unspecified atom stereocenters. The van der Waals surface area contributed by atoms with Crippen LogP contribution in [0, 0.1) is 11.3 Å². The summed E-state index contributed by atoms with van der Waals surface area (Å²) >= 11 is 0. The Labute approximate surface area is 90.2 Å². The molecule has 0 radical (unpaired) electrons. The number of hydrogen-bond acceptors (Lipinski definition) is 4. The summed E-state index contributed by atoms with van der Waals surface area (Å²) in [5.41, 5.74) is -0.0554. The molecule has 4 nitrogen and oxygen atoms in total. The van der Waals surface area contributed by atoms with Crippen molar-refractivity contribution in [2.45, 2.75) is 13.3 Å². The highest BCUT2D eigenvalue weighted by Crippen LogP contribution is 2.29. The molecular weight excluding hydrogens is 194 g/mol. The Morgan fingerprint density at radius 1 is 1.60 bits per heavy atom. The number of nitrogens with zero attached hydrogens (tertiary/aromatic N) is 1. The molecule has 1 N–H and O–H groups in total. The molecule has 0 aliphatic carbocycles. The molecule has 2 saturated heterocycles. The first-order valence-electron chi connectivity index (χ1n) is 5.59. The Hall–Kier alpha value is -0.450. The second-order valence-corrected chi connectivity index (χ2v) is 5.00. The van der Waals surface area contributed by atoms with Crippen molar-refractivity contribution in [1.29, 1.82) is 0 Å². The number of likely N-dealkylation sites (tertiary alicyclic amines) is 1. The van der Waals surface area contributed by atoms with Gasteiger partial charge in [0.15, 0.2) is 0 Å². The van der Waals surface area contributed by atoms with E-state index in [1.165, 1.54) is 0 Å². The first kappa shape index (κ1) is 11.0. The molecule has 2 aliphatic rings. The first-order chi connectivity index (χ1) is 7.15. The monoisotopic (exact) mass is 213 g/mol. The van der Waals surface area contributed by atoms with Crippen molar-refractivity contribution in [3.63, 3.8) is 0 Å². The van der Waals surface area contributed by atoms with E-state index in [-0.39, 0.29) is 17.9 Å². The maximum Gasteiger partial charge on any atom is 0.138 e. The molecule has 0 saturated carbocycles. The van der Waals surface area contributed by atoms with E-state index in [0.29, 0.717) is 25.4 Å². The number of carbonyl (C=O) groups is 1. The molecule has 1 atom stereocenters. The van der Waals surface area contributed by atoms with Gasteiger partial charge in [0.2, 0.25) is 0 Å². The van der Waals surface area contributed by atoms with Gasteiger partial charge in [-0.1, -0.05) is 6.92 Å². The van der Waals surface area contributed by atoms with Gasteiger partial charge in [-0.25, -0.2) is 0 Å². The van der Waals surface area contributed by atoms with E-state index in [1.54, 1.807) is 0 Å². The first-order valence-corrected chi connectivity index (χ1v) is 5.59. The minimum absolute atomic E-state index is 0.0554. The quantitative estimate of drug-likeness (QED) is 0.711. The summed E-state index contributed by atoms with van der Waals surface area (Å²) in [6, 6.07) is 0. The van der Waals surface area contributed by atoms with Gasteiger partial charge in [-0.15, -0.1) is 0 Å². The standard InChI is InChI=1S/C11H19NO3/c1-9-4-12(3-2-10(9)14)5-11(6-13)7-15-8-11/h9,13H,2-8H2,1H3. The summed E-state index contributed by atoms with van der Waals surface area (Å²) in [4.78, 5) is 13.6. The summed E-state index contributed by atoms with van der Waals surface area (Å²) in [6.07, 6.45) is 0.656. The van der Waals surface area contributed by atoms with E-state index in [2.05, 4.69) is 4.90 Å². The lowest BCUT2D eigenvalue weighted by atomic mass is 9.85. The van der Waals surface area contributed by atoms with Crippen LogP contribution in [0.1, 0.15) is 13.3 Å². The predicted molar refractivity (Wildman–Crippen MR) is 55.6 cm³/mol. The maximum absolute atomic E-state index is 11.4. The van der Waals surface area contributed by atoms with E-state index in [4.69, 9.17) is 4.74 Å². The number of carbonyl (C=O) groups excluding carboxylic acids is 1. The van der Waals surface area contributed by atoms with Gasteiger partial charge in [-0.3, -0.25) is 4.79 Å². The van der Waals surface area contributed by atoms with Crippen molar-refractivity contribution < 1.29 is 14.6 Å². The fourth-order valence-corrected chi connectivity index (χ4v) is 2.34. The largest absolute Gasteiger partial charge is 0.396 e. The second-order valence-electron chi connectivity index (χ2n) is 5.00. The van der Waals surface area contributed by atoms with Crippen LogP contribution in [-0.2, 0) is 9.53 Å². The zero-order valence-corrected chi connectivity index (χ0v) is 9.24. The molecule has 2 heterocycles. The van der Waals surface area contributed by atoms with E-state index < -0.39 is 0 Å². The number of aliphatic hydroxyl groups is 1. The van der Waals surface area contributed by atoms with E-state index >= 15 is 0 Å². The van der Waals surface area contributed by atoms with Crippen LogP contribution in [0.15, 0.2) is 0 Å². The highest BCUT2D eigenvalue weighted by Gasteiger charge is 2.40. The van der Waals surface area contributed by atoms with Gasteiger partial charge >= 0.3 is 0 Å². The topological polar surface area (TPSA) is 49.8 Å². The zero-order chi connectivity index (χ0) is 10.9. The molecule has 2 aliphatic heterocycles. The van der Waals surface area contributed by atoms with Crippen LogP contribution in [0.2, 0.25) is 0 Å². The fourth-order valence-electron chi connectivity index (χ4n) is 2.34. The molecule has 0 spiro atoms. The predicted octanol–water partition coefficient (Wildman–Crippen LogP) is -0.0938. The Bertz CT molecular complexity index is 245. The van der Waals surface area contributed by atoms with Gasteiger partial charge in [-0.2, -0.15) is 0 Å². The Balaban J connectivity index is 1.87. The number of ether oxygens (including phenoxy) is 1. The second kappa shape index (κ2) is 4.20. The van der Waals surface area contributed by atoms with Crippen LogP contribution < -0.4 is 0 Å². The lowest BCUT2D eigenvalue weighted by Crippen LogP contribution is -2.55. The number of piperidine rings is 1. The molecule has 0 aromatic rings. The van der Waals surface area contributed by atoms with Crippen LogP contribution in [-0.4, -0.2) is 55.2 Å². The minimum Gasteiger partial charge on any atom is -0.396 e. The van der Waals surface area contributed by atoms with Crippen LogP contribution >= 0.6 is 0 Å². The molecule has 86 valence electrons. The van der Waals surface area contributed by atoms with Gasteiger partial charge < -0.3 is 14.7 Å². The van der Waals surface area contributed by atoms with E-state index in [1.807, 2.05) is 6.92 Å². The third kappa shape index (κ3) is 2.22. The Kier molecular flexibility index (Phi) is 3.09. The third-order valence-electron chi connectivity index (χ3n) is 3.47. The van der Waals surface area contributed by atoms with E-state index in [9.17, 15) is 9.90 Å². The molecule has 0 bridgehead atoms. The summed E-state index contributed by atoms with van der Waals surface area (Å²) < 4.78 is 5.17. The molecule has 0 aromatic heterocycles. The minimum atomic E-state index is -0.0554. The smallest absolute Gasteiger partial charge is 0.138 e. The molecule has 15 heavy (non-hydrogen) atoms. The summed E-state index contributed by atoms with van der Waals surface area (Å²) in [6.45, 7) is 6.01. The number of hydrogen-bond donors (Lipinski definition) is 1. The molecule has 2 rings (SSSR count). The average molecular weight is 213 g/mol. The van der Waals surface area contributed by atoms with Gasteiger partial charge in [0, 0.05) is 32.0 Å². The Morgan fingerprint density at radius 2 is 2.33 bits per heavy atom. The zero-order valence-electron chi connectivity index (χ0n) is 9.24. The third-order valence-corrected chi connectivity index (χ3v) is 3.47. The summed E-state index contributed by atoms with van der Waals surface area (Å²) in [5, 5.41) is 9.31. The van der Waals surface area contributed by atoms with Crippen molar-refractivity contribution in [3.05, 3.63) is 0 Å². The summed E-state index contributed by atoms with van der Waals surface area (Å²) in [5.74, 6) is 0.518. The van der Waals surface area contributed by atoms with Gasteiger partial charge in [0.25, 0.3) is 0 Å². The normalized spacial score (nSPS) is 31.3. The van der Waals surface area contributed by atoms with Gasteiger partial charge in [0.05, 0.1) is 25.2 Å². The SMILES string of the molecule is CC1CN(CC2(CO)COC2)CCC1=O. The van der Waals surface area contributed by atoms with Gasteiger partial charge in [-0.05, 0) is 0 Å². The molecular formula is C11H19NO3. The number of ketones is 1. The molecule has 4 heteroatoms. The highest BCUT2D eigenvalue weighted by molar-refractivity contribution is 5.81. The lowest BCUT2D eigenvalue weighted by Gasteiger charge is -2.44. The average Bonchev–Trinajstić information content (AvgIpc) is 2.17.